The highest BCUT2D eigenvalue weighted by Crippen LogP contribution is 2.33. The van der Waals surface area contributed by atoms with Gasteiger partial charge in [0.2, 0.25) is 5.91 Å². The smallest absolute Gasteiger partial charge is 0.231 e. The fourth-order valence-electron chi connectivity index (χ4n) is 2.19. The number of carbonyl (C=O) groups excluding carboxylic acids is 1. The first-order valence-corrected chi connectivity index (χ1v) is 5.98. The third-order valence-electron chi connectivity index (χ3n) is 3.20. The second-order valence-corrected chi connectivity index (χ2v) is 5.54. The molecule has 17 heavy (non-hydrogen) atoms. The predicted molar refractivity (Wildman–Crippen MR) is 68.3 cm³/mol. The van der Waals surface area contributed by atoms with Gasteiger partial charge in [-0.25, -0.2) is 0 Å². The fraction of sp³-hybridized carbons (Fsp3) is 0.500. The molecule has 1 aromatic carbocycles. The number of aliphatic hydroxyl groups is 1. The maximum Gasteiger partial charge on any atom is 0.231 e. The van der Waals surface area contributed by atoms with Gasteiger partial charge in [0, 0.05) is 12.2 Å². The van der Waals surface area contributed by atoms with E-state index in [9.17, 15) is 4.79 Å². The van der Waals surface area contributed by atoms with Crippen LogP contribution in [0.2, 0.25) is 0 Å². The molecular formula is C14H19NO2. The van der Waals surface area contributed by atoms with E-state index in [-0.39, 0.29) is 17.9 Å². The average Bonchev–Trinajstić information content (AvgIpc) is 2.54. The number of hydrogen-bond acceptors (Lipinski definition) is 2. The van der Waals surface area contributed by atoms with Gasteiger partial charge in [0.15, 0.2) is 0 Å². The molecule has 0 aromatic heterocycles. The van der Waals surface area contributed by atoms with E-state index in [1.165, 1.54) is 5.56 Å². The molecule has 1 aromatic rings. The van der Waals surface area contributed by atoms with Crippen LogP contribution < -0.4 is 4.90 Å². The zero-order valence-corrected chi connectivity index (χ0v) is 10.7. The summed E-state index contributed by atoms with van der Waals surface area (Å²) in [6.45, 7) is 6.89. The largest absolute Gasteiger partial charge is 0.395 e. The van der Waals surface area contributed by atoms with Gasteiger partial charge in [-0.05, 0) is 22.6 Å². The number of carbonyl (C=O) groups is 1. The molecule has 0 bridgehead atoms. The minimum absolute atomic E-state index is 0.00615. The van der Waals surface area contributed by atoms with Crippen LogP contribution in [0, 0.1) is 0 Å². The second-order valence-electron chi connectivity index (χ2n) is 5.54. The van der Waals surface area contributed by atoms with Crippen LogP contribution in [-0.2, 0) is 16.6 Å². The van der Waals surface area contributed by atoms with Crippen molar-refractivity contribution in [3.05, 3.63) is 29.3 Å². The number of fused-ring (bicyclic) bond motifs is 1. The number of amides is 1. The number of anilines is 1. The van der Waals surface area contributed by atoms with Crippen LogP contribution in [0.3, 0.4) is 0 Å². The summed E-state index contributed by atoms with van der Waals surface area (Å²) in [7, 11) is 0. The Hall–Kier alpha value is -1.35. The summed E-state index contributed by atoms with van der Waals surface area (Å²) in [5, 5.41) is 8.96. The summed E-state index contributed by atoms with van der Waals surface area (Å²) in [6, 6.07) is 6.18. The first-order chi connectivity index (χ1) is 7.93. The molecule has 0 fully saturated rings. The molecule has 3 heteroatoms. The van der Waals surface area contributed by atoms with Crippen LogP contribution in [0.5, 0.6) is 0 Å². The van der Waals surface area contributed by atoms with Gasteiger partial charge < -0.3 is 10.0 Å². The number of aliphatic hydroxyl groups excluding tert-OH is 1. The van der Waals surface area contributed by atoms with E-state index in [1.54, 1.807) is 4.90 Å². The van der Waals surface area contributed by atoms with E-state index in [2.05, 4.69) is 32.9 Å². The maximum atomic E-state index is 11.8. The van der Waals surface area contributed by atoms with Crippen LogP contribution in [0.4, 0.5) is 5.69 Å². The van der Waals surface area contributed by atoms with Gasteiger partial charge in [-0.1, -0.05) is 32.9 Å². The Morgan fingerprint density at radius 2 is 2.06 bits per heavy atom. The van der Waals surface area contributed by atoms with Crippen LogP contribution in [0.15, 0.2) is 18.2 Å². The molecule has 92 valence electrons. The number of β-amino-alcohol motifs (C(OH)–C–C–N with tert-alkyl or cyclic N) is 1. The summed E-state index contributed by atoms with van der Waals surface area (Å²) < 4.78 is 0. The minimum Gasteiger partial charge on any atom is -0.395 e. The van der Waals surface area contributed by atoms with Gasteiger partial charge >= 0.3 is 0 Å². The molecule has 0 atom stereocenters. The number of nitrogens with zero attached hydrogens (tertiary/aromatic N) is 1. The Morgan fingerprint density at radius 3 is 2.65 bits per heavy atom. The Kier molecular flexibility index (Phi) is 2.96. The van der Waals surface area contributed by atoms with Crippen LogP contribution in [0.25, 0.3) is 0 Å². The predicted octanol–water partition coefficient (Wildman–Crippen LogP) is 1.87. The fourth-order valence-corrected chi connectivity index (χ4v) is 2.19. The van der Waals surface area contributed by atoms with Gasteiger partial charge in [0.05, 0.1) is 13.0 Å². The Balaban J connectivity index is 2.38. The first kappa shape index (κ1) is 12.1. The molecule has 0 saturated carbocycles. The summed E-state index contributed by atoms with van der Waals surface area (Å²) in [5.41, 5.74) is 3.38. The van der Waals surface area contributed by atoms with Crippen molar-refractivity contribution in [1.29, 1.82) is 0 Å². The Bertz CT molecular complexity index is 446. The molecule has 3 nitrogen and oxygen atoms in total. The number of rotatable bonds is 2. The molecule has 0 unspecified atom stereocenters. The van der Waals surface area contributed by atoms with Crippen LogP contribution in [0.1, 0.15) is 31.9 Å². The lowest BCUT2D eigenvalue weighted by atomic mass is 9.86. The van der Waals surface area contributed by atoms with Crippen molar-refractivity contribution in [3.8, 4) is 0 Å². The summed E-state index contributed by atoms with van der Waals surface area (Å²) in [6.07, 6.45) is 0.458. The van der Waals surface area contributed by atoms with E-state index in [1.807, 2.05) is 6.07 Å². The van der Waals surface area contributed by atoms with E-state index >= 15 is 0 Å². The van der Waals surface area contributed by atoms with Gasteiger partial charge in [-0.3, -0.25) is 4.79 Å². The molecule has 1 amide bonds. The van der Waals surface area contributed by atoms with E-state index in [0.717, 1.165) is 11.3 Å². The zero-order valence-electron chi connectivity index (χ0n) is 10.7. The van der Waals surface area contributed by atoms with Crippen molar-refractivity contribution in [2.75, 3.05) is 18.1 Å². The summed E-state index contributed by atoms with van der Waals surface area (Å²) in [4.78, 5) is 13.5. The summed E-state index contributed by atoms with van der Waals surface area (Å²) in [5.74, 6) is 0.0834. The van der Waals surface area contributed by atoms with E-state index in [4.69, 9.17) is 5.11 Å². The van der Waals surface area contributed by atoms with Gasteiger partial charge in [0.25, 0.3) is 0 Å². The topological polar surface area (TPSA) is 40.5 Å². The molecular weight excluding hydrogens is 214 g/mol. The normalized spacial score (nSPS) is 15.3. The van der Waals surface area contributed by atoms with Crippen molar-refractivity contribution in [2.24, 2.45) is 0 Å². The lowest BCUT2D eigenvalue weighted by molar-refractivity contribution is -0.117. The van der Waals surface area contributed by atoms with Crippen LogP contribution >= 0.6 is 0 Å². The highest BCUT2D eigenvalue weighted by molar-refractivity contribution is 6.01. The van der Waals surface area contributed by atoms with Crippen molar-refractivity contribution in [2.45, 2.75) is 32.6 Å². The second kappa shape index (κ2) is 4.15. The van der Waals surface area contributed by atoms with Crippen molar-refractivity contribution >= 4 is 11.6 Å². The third kappa shape index (κ3) is 2.20. The molecule has 0 radical (unpaired) electrons. The lowest BCUT2D eigenvalue weighted by Gasteiger charge is -2.21. The number of benzene rings is 1. The molecule has 0 aliphatic carbocycles. The molecule has 2 rings (SSSR count). The monoisotopic (exact) mass is 233 g/mol. The van der Waals surface area contributed by atoms with Gasteiger partial charge in [0.1, 0.15) is 0 Å². The molecule has 0 saturated heterocycles. The van der Waals surface area contributed by atoms with Gasteiger partial charge in [-0.2, -0.15) is 0 Å². The number of hydrogen-bond donors (Lipinski definition) is 1. The Morgan fingerprint density at radius 1 is 1.35 bits per heavy atom. The van der Waals surface area contributed by atoms with Crippen molar-refractivity contribution in [1.82, 2.24) is 0 Å². The standard InChI is InChI=1S/C14H19NO2/c1-14(2,3)11-4-5-12-10(8-11)9-13(17)15(12)6-7-16/h4-5,8,16H,6-7,9H2,1-3H3. The SMILES string of the molecule is CC(C)(C)c1ccc2c(c1)CC(=O)N2CCO. The Labute approximate surface area is 102 Å². The van der Waals surface area contributed by atoms with Gasteiger partial charge in [-0.15, -0.1) is 0 Å². The van der Waals surface area contributed by atoms with Crippen molar-refractivity contribution in [3.63, 3.8) is 0 Å². The molecule has 1 N–H and O–H groups in total. The quantitative estimate of drug-likeness (QED) is 0.847. The summed E-state index contributed by atoms with van der Waals surface area (Å²) >= 11 is 0. The lowest BCUT2D eigenvalue weighted by Crippen LogP contribution is -2.29. The first-order valence-electron chi connectivity index (χ1n) is 5.98. The van der Waals surface area contributed by atoms with Crippen LogP contribution in [-0.4, -0.2) is 24.2 Å². The van der Waals surface area contributed by atoms with Crippen molar-refractivity contribution < 1.29 is 9.90 Å². The van der Waals surface area contributed by atoms with E-state index in [0.29, 0.717) is 13.0 Å². The third-order valence-corrected chi connectivity index (χ3v) is 3.20. The molecule has 1 aliphatic rings. The zero-order chi connectivity index (χ0) is 12.6. The average molecular weight is 233 g/mol. The molecule has 1 heterocycles. The maximum absolute atomic E-state index is 11.8. The minimum atomic E-state index is 0.00615. The highest BCUT2D eigenvalue weighted by atomic mass is 16.3. The highest BCUT2D eigenvalue weighted by Gasteiger charge is 2.28. The van der Waals surface area contributed by atoms with E-state index < -0.39 is 0 Å². The molecule has 1 aliphatic heterocycles. The molecule has 0 spiro atoms.